The lowest BCUT2D eigenvalue weighted by molar-refractivity contribution is 0.00578. The van der Waals surface area contributed by atoms with Crippen molar-refractivity contribution < 1.29 is 9.31 Å². The van der Waals surface area contributed by atoms with E-state index in [0.29, 0.717) is 6.54 Å². The summed E-state index contributed by atoms with van der Waals surface area (Å²) in [6.07, 6.45) is 3.80. The van der Waals surface area contributed by atoms with Crippen molar-refractivity contribution in [2.24, 2.45) is 0 Å². The minimum atomic E-state index is -0.375. The monoisotopic (exact) mass is 332 g/mol. The van der Waals surface area contributed by atoms with E-state index >= 15 is 0 Å². The number of aromatic nitrogens is 2. The van der Waals surface area contributed by atoms with Crippen LogP contribution in [0.2, 0.25) is 5.02 Å². The van der Waals surface area contributed by atoms with Gasteiger partial charge in [0.05, 0.1) is 17.7 Å². The Hall–Kier alpha value is -1.30. The van der Waals surface area contributed by atoms with Crippen LogP contribution in [0, 0.1) is 6.92 Å². The minimum absolute atomic E-state index is 0.341. The summed E-state index contributed by atoms with van der Waals surface area (Å²) in [5.74, 6) is 0. The Bertz CT molecular complexity index is 711. The highest BCUT2D eigenvalue weighted by atomic mass is 35.5. The van der Waals surface area contributed by atoms with E-state index < -0.39 is 0 Å². The van der Waals surface area contributed by atoms with Crippen LogP contribution in [0.25, 0.3) is 0 Å². The van der Waals surface area contributed by atoms with Gasteiger partial charge in [0.25, 0.3) is 0 Å². The largest absolute Gasteiger partial charge is 0.498 e. The molecule has 0 bridgehead atoms. The van der Waals surface area contributed by atoms with E-state index in [-0.39, 0.29) is 18.3 Å². The molecule has 0 atom stereocenters. The van der Waals surface area contributed by atoms with E-state index in [4.69, 9.17) is 20.9 Å². The van der Waals surface area contributed by atoms with E-state index in [2.05, 4.69) is 39.7 Å². The highest BCUT2D eigenvalue weighted by Crippen LogP contribution is 2.36. The first kappa shape index (κ1) is 16.6. The summed E-state index contributed by atoms with van der Waals surface area (Å²) >= 11 is 6.01. The molecule has 0 N–H and O–H groups in total. The maximum Gasteiger partial charge on any atom is 0.498 e. The molecule has 6 heteroatoms. The minimum Gasteiger partial charge on any atom is -0.399 e. The molecule has 2 heterocycles. The molecule has 1 aromatic heterocycles. The zero-order valence-electron chi connectivity index (χ0n) is 14.3. The fraction of sp³-hybridized carbons (Fsp3) is 0.471. The second kappa shape index (κ2) is 5.65. The van der Waals surface area contributed by atoms with Gasteiger partial charge in [0.2, 0.25) is 0 Å². The van der Waals surface area contributed by atoms with E-state index in [0.717, 1.165) is 16.0 Å². The zero-order chi connectivity index (χ0) is 16.8. The molecule has 1 aliphatic heterocycles. The molecule has 1 saturated heterocycles. The number of nitrogens with zero attached hydrogens (tertiary/aromatic N) is 2. The molecule has 2 aromatic rings. The van der Waals surface area contributed by atoms with Gasteiger partial charge in [-0.3, -0.25) is 4.68 Å². The van der Waals surface area contributed by atoms with Crippen LogP contribution in [-0.4, -0.2) is 28.1 Å². The predicted octanol–water partition coefficient (Wildman–Crippen LogP) is 3.19. The van der Waals surface area contributed by atoms with E-state index in [1.54, 1.807) is 0 Å². The maximum atomic E-state index is 6.06. The van der Waals surface area contributed by atoms with Crippen molar-refractivity contribution in [2.45, 2.75) is 52.4 Å². The predicted molar refractivity (Wildman–Crippen MR) is 93.2 cm³/mol. The first-order valence-electron chi connectivity index (χ1n) is 7.81. The lowest BCUT2D eigenvalue weighted by Gasteiger charge is -2.32. The van der Waals surface area contributed by atoms with Gasteiger partial charge in [0.15, 0.2) is 0 Å². The van der Waals surface area contributed by atoms with Crippen LogP contribution in [0.3, 0.4) is 0 Å². The van der Waals surface area contributed by atoms with Crippen molar-refractivity contribution in [3.63, 3.8) is 0 Å². The van der Waals surface area contributed by atoms with Crippen LogP contribution >= 0.6 is 11.6 Å². The van der Waals surface area contributed by atoms with Crippen molar-refractivity contribution >= 4 is 24.2 Å². The summed E-state index contributed by atoms with van der Waals surface area (Å²) in [6, 6.07) is 5.91. The van der Waals surface area contributed by atoms with Gasteiger partial charge in [-0.15, -0.1) is 0 Å². The molecule has 4 nitrogen and oxygen atoms in total. The molecule has 0 spiro atoms. The van der Waals surface area contributed by atoms with Gasteiger partial charge >= 0.3 is 7.12 Å². The average Bonchev–Trinajstić information content (AvgIpc) is 2.96. The van der Waals surface area contributed by atoms with E-state index in [1.165, 1.54) is 5.56 Å². The fourth-order valence-corrected chi connectivity index (χ4v) is 2.80. The second-order valence-corrected chi connectivity index (χ2v) is 7.57. The number of halogens is 1. The third-order valence-corrected chi connectivity index (χ3v) is 5.05. The van der Waals surface area contributed by atoms with Crippen LogP contribution < -0.4 is 5.46 Å². The summed E-state index contributed by atoms with van der Waals surface area (Å²) in [6.45, 7) is 11.0. The van der Waals surface area contributed by atoms with Crippen molar-refractivity contribution in [1.29, 1.82) is 0 Å². The third kappa shape index (κ3) is 3.18. The second-order valence-electron chi connectivity index (χ2n) is 7.13. The molecule has 23 heavy (non-hydrogen) atoms. The number of aryl methyl sites for hydroxylation is 1. The fourth-order valence-electron chi connectivity index (χ4n) is 2.58. The van der Waals surface area contributed by atoms with Crippen molar-refractivity contribution in [2.75, 3.05) is 0 Å². The summed E-state index contributed by atoms with van der Waals surface area (Å²) in [4.78, 5) is 0. The topological polar surface area (TPSA) is 36.3 Å². The number of hydrogen-bond donors (Lipinski definition) is 0. The molecule has 3 rings (SSSR count). The third-order valence-electron chi connectivity index (χ3n) is 4.82. The molecule has 1 fully saturated rings. The average molecular weight is 333 g/mol. The highest BCUT2D eigenvalue weighted by Gasteiger charge is 2.52. The number of rotatable bonds is 3. The van der Waals surface area contributed by atoms with Gasteiger partial charge in [-0.1, -0.05) is 17.7 Å². The summed E-state index contributed by atoms with van der Waals surface area (Å²) in [5, 5.41) is 5.19. The number of hydrogen-bond acceptors (Lipinski definition) is 3. The van der Waals surface area contributed by atoms with Crippen molar-refractivity contribution in [3.05, 3.63) is 46.7 Å². The van der Waals surface area contributed by atoms with Gasteiger partial charge in [-0.2, -0.15) is 5.10 Å². The summed E-state index contributed by atoms with van der Waals surface area (Å²) in [7, 11) is -0.375. The molecule has 1 aromatic carbocycles. The van der Waals surface area contributed by atoms with Crippen LogP contribution in [0.4, 0.5) is 0 Å². The summed E-state index contributed by atoms with van der Waals surface area (Å²) < 4.78 is 14.0. The zero-order valence-corrected chi connectivity index (χ0v) is 15.0. The van der Waals surface area contributed by atoms with Crippen molar-refractivity contribution in [1.82, 2.24) is 9.78 Å². The Morgan fingerprint density at radius 3 is 2.43 bits per heavy atom. The molecule has 1 aliphatic rings. The Kier molecular flexibility index (Phi) is 4.07. The van der Waals surface area contributed by atoms with Gasteiger partial charge in [-0.25, -0.2) is 0 Å². The molecule has 0 amide bonds. The van der Waals surface area contributed by atoms with Gasteiger partial charge in [-0.05, 0) is 57.9 Å². The lowest BCUT2D eigenvalue weighted by atomic mass is 9.82. The van der Waals surface area contributed by atoms with Crippen molar-refractivity contribution in [3.8, 4) is 0 Å². The Labute approximate surface area is 142 Å². The van der Waals surface area contributed by atoms with Crippen LogP contribution in [0.1, 0.15) is 38.8 Å². The molecule has 0 aliphatic carbocycles. The number of benzene rings is 1. The molecule has 122 valence electrons. The molecular weight excluding hydrogens is 310 g/mol. The Balaban J connectivity index is 1.77. The van der Waals surface area contributed by atoms with Crippen LogP contribution in [0.15, 0.2) is 30.6 Å². The smallest absolute Gasteiger partial charge is 0.399 e. The SMILES string of the molecule is Cc1cc(Cl)ccc1Cn1cc(B2OC(C)(C)C(C)(C)O2)cn1. The van der Waals surface area contributed by atoms with E-state index in [1.807, 2.05) is 35.3 Å². The van der Waals surface area contributed by atoms with Crippen LogP contribution in [-0.2, 0) is 15.9 Å². The first-order valence-corrected chi connectivity index (χ1v) is 8.19. The molecule has 0 unspecified atom stereocenters. The van der Waals surface area contributed by atoms with Crippen LogP contribution in [0.5, 0.6) is 0 Å². The Morgan fingerprint density at radius 1 is 1.17 bits per heavy atom. The van der Waals surface area contributed by atoms with Gasteiger partial charge in [0, 0.05) is 22.9 Å². The highest BCUT2D eigenvalue weighted by molar-refractivity contribution is 6.62. The molecule has 0 radical (unpaired) electrons. The molecular formula is C17H22BClN2O2. The quantitative estimate of drug-likeness (QED) is 0.810. The van der Waals surface area contributed by atoms with Gasteiger partial charge in [0.1, 0.15) is 0 Å². The standard InChI is InChI=1S/C17H22BClN2O2/c1-12-8-15(19)7-6-13(12)10-21-11-14(9-20-21)18-22-16(2,3)17(4,5)23-18/h6-9,11H,10H2,1-5H3. The van der Waals surface area contributed by atoms with Gasteiger partial charge < -0.3 is 9.31 Å². The normalized spacial score (nSPS) is 19.3. The lowest BCUT2D eigenvalue weighted by Crippen LogP contribution is -2.41. The Morgan fingerprint density at radius 2 is 1.83 bits per heavy atom. The molecule has 0 saturated carbocycles. The summed E-state index contributed by atoms with van der Waals surface area (Å²) in [5.41, 5.74) is 2.61. The first-order chi connectivity index (χ1) is 10.7. The van der Waals surface area contributed by atoms with E-state index in [9.17, 15) is 0 Å². The maximum absolute atomic E-state index is 6.06.